The first-order valence-electron chi connectivity index (χ1n) is 9.86. The average Bonchev–Trinajstić information content (AvgIpc) is 2.85. The van der Waals surface area contributed by atoms with Crippen LogP contribution < -0.4 is 16.4 Å². The number of carbonyl (C=O) groups is 1. The third-order valence-electron chi connectivity index (χ3n) is 4.92. The lowest BCUT2D eigenvalue weighted by atomic mass is 9.97. The molecular formula is C24H17ClN6O2. The molecule has 0 aliphatic carbocycles. The number of carbonyl (C=O) groups excluding carboxylic acids is 1. The summed E-state index contributed by atoms with van der Waals surface area (Å²) in [6.07, 6.45) is 3.68. The number of nitriles is 1. The van der Waals surface area contributed by atoms with Crippen LogP contribution in [0.4, 0.5) is 5.82 Å². The number of anilines is 1. The van der Waals surface area contributed by atoms with Crippen molar-refractivity contribution in [2.75, 3.05) is 5.43 Å². The van der Waals surface area contributed by atoms with Gasteiger partial charge in [-0.3, -0.25) is 25.4 Å². The van der Waals surface area contributed by atoms with Crippen LogP contribution in [0, 0.1) is 11.3 Å². The maximum Gasteiger partial charge on any atom is 0.275 e. The van der Waals surface area contributed by atoms with Crippen LogP contribution in [0.3, 0.4) is 0 Å². The molecule has 2 heterocycles. The van der Waals surface area contributed by atoms with Crippen molar-refractivity contribution in [3.05, 3.63) is 99.6 Å². The van der Waals surface area contributed by atoms with Crippen molar-refractivity contribution in [2.24, 2.45) is 0 Å². The quantitative estimate of drug-likeness (QED) is 0.324. The zero-order chi connectivity index (χ0) is 23.2. The molecule has 1 amide bonds. The predicted molar refractivity (Wildman–Crippen MR) is 125 cm³/mol. The van der Waals surface area contributed by atoms with Gasteiger partial charge in [-0.1, -0.05) is 35.9 Å². The van der Waals surface area contributed by atoms with E-state index in [0.29, 0.717) is 39.2 Å². The summed E-state index contributed by atoms with van der Waals surface area (Å²) >= 11 is 6.06. The number of rotatable bonds is 7. The highest BCUT2D eigenvalue weighted by molar-refractivity contribution is 6.30. The fourth-order valence-electron chi connectivity index (χ4n) is 3.40. The SMILES string of the molecule is N#Cc1ccc(Cn2nc(NNC=O)c(-c3ccc(Cl)cc3)c(-c3ccncc3)c2=O)cc1. The van der Waals surface area contributed by atoms with Crippen LogP contribution in [0.1, 0.15) is 11.1 Å². The van der Waals surface area contributed by atoms with Gasteiger partial charge in [-0.15, -0.1) is 5.10 Å². The Hall–Kier alpha value is -4.48. The van der Waals surface area contributed by atoms with E-state index in [-0.39, 0.29) is 17.9 Å². The van der Waals surface area contributed by atoms with Crippen molar-refractivity contribution in [2.45, 2.75) is 6.54 Å². The van der Waals surface area contributed by atoms with Gasteiger partial charge in [0.2, 0.25) is 6.41 Å². The number of pyridine rings is 1. The number of halogens is 1. The Morgan fingerprint density at radius 3 is 2.27 bits per heavy atom. The molecule has 0 radical (unpaired) electrons. The molecule has 0 aliphatic heterocycles. The average molecular weight is 457 g/mol. The van der Waals surface area contributed by atoms with E-state index >= 15 is 0 Å². The molecule has 9 heteroatoms. The summed E-state index contributed by atoms with van der Waals surface area (Å²) in [6, 6.07) is 19.4. The van der Waals surface area contributed by atoms with Gasteiger partial charge in [0.25, 0.3) is 5.56 Å². The molecule has 0 saturated heterocycles. The third kappa shape index (κ3) is 4.74. The Morgan fingerprint density at radius 1 is 0.970 bits per heavy atom. The Balaban J connectivity index is 1.95. The zero-order valence-electron chi connectivity index (χ0n) is 17.2. The number of nitrogens with one attached hydrogen (secondary N) is 2. The van der Waals surface area contributed by atoms with Crippen LogP contribution in [-0.4, -0.2) is 21.2 Å². The molecular weight excluding hydrogens is 440 g/mol. The van der Waals surface area contributed by atoms with E-state index in [0.717, 1.165) is 5.56 Å². The van der Waals surface area contributed by atoms with E-state index in [2.05, 4.69) is 27.0 Å². The van der Waals surface area contributed by atoms with E-state index in [4.69, 9.17) is 16.9 Å². The minimum Gasteiger partial charge on any atom is -0.280 e. The molecule has 2 N–H and O–H groups in total. The molecule has 0 saturated carbocycles. The van der Waals surface area contributed by atoms with Crippen molar-refractivity contribution >= 4 is 23.8 Å². The number of benzene rings is 2. The summed E-state index contributed by atoms with van der Waals surface area (Å²) in [4.78, 5) is 28.7. The van der Waals surface area contributed by atoms with Crippen LogP contribution in [0.2, 0.25) is 5.02 Å². The minimum atomic E-state index is -0.327. The lowest BCUT2D eigenvalue weighted by molar-refractivity contribution is -0.109. The smallest absolute Gasteiger partial charge is 0.275 e. The second kappa shape index (κ2) is 9.77. The van der Waals surface area contributed by atoms with Crippen molar-refractivity contribution in [1.29, 1.82) is 5.26 Å². The van der Waals surface area contributed by atoms with E-state index in [9.17, 15) is 9.59 Å². The number of aromatic nitrogens is 3. The maximum absolute atomic E-state index is 13.7. The van der Waals surface area contributed by atoms with Gasteiger partial charge in [0.05, 0.1) is 23.7 Å². The molecule has 4 rings (SSSR count). The zero-order valence-corrected chi connectivity index (χ0v) is 18.0. The Morgan fingerprint density at radius 2 is 1.64 bits per heavy atom. The predicted octanol–water partition coefficient (Wildman–Crippen LogP) is 3.62. The largest absolute Gasteiger partial charge is 0.280 e. The molecule has 8 nitrogen and oxygen atoms in total. The number of nitrogens with zero attached hydrogens (tertiary/aromatic N) is 4. The van der Waals surface area contributed by atoms with Crippen molar-refractivity contribution < 1.29 is 4.79 Å². The monoisotopic (exact) mass is 456 g/mol. The summed E-state index contributed by atoms with van der Waals surface area (Å²) in [5.41, 5.74) is 8.40. The maximum atomic E-state index is 13.7. The Labute approximate surface area is 194 Å². The van der Waals surface area contributed by atoms with Crippen LogP contribution in [0.25, 0.3) is 22.3 Å². The number of hydrogen-bond donors (Lipinski definition) is 2. The first-order chi connectivity index (χ1) is 16.1. The molecule has 0 fully saturated rings. The number of hydrazine groups is 1. The summed E-state index contributed by atoms with van der Waals surface area (Å²) in [5, 5.41) is 14.1. The van der Waals surface area contributed by atoms with Gasteiger partial charge >= 0.3 is 0 Å². The second-order valence-corrected chi connectivity index (χ2v) is 7.44. The summed E-state index contributed by atoms with van der Waals surface area (Å²) in [6.45, 7) is 0.166. The van der Waals surface area contributed by atoms with Crippen LogP contribution in [0.15, 0.2) is 77.9 Å². The highest BCUT2D eigenvalue weighted by Crippen LogP contribution is 2.34. The van der Waals surface area contributed by atoms with Crippen LogP contribution >= 0.6 is 11.6 Å². The van der Waals surface area contributed by atoms with Gasteiger partial charge in [0.15, 0.2) is 5.82 Å². The minimum absolute atomic E-state index is 0.166. The Kier molecular flexibility index (Phi) is 6.43. The molecule has 162 valence electrons. The molecule has 2 aromatic carbocycles. The van der Waals surface area contributed by atoms with Gasteiger partial charge < -0.3 is 0 Å². The fraction of sp³-hybridized carbons (Fsp3) is 0.0417. The van der Waals surface area contributed by atoms with E-state index in [1.54, 1.807) is 73.1 Å². The van der Waals surface area contributed by atoms with Gasteiger partial charge in [0.1, 0.15) is 0 Å². The first kappa shape index (κ1) is 21.7. The number of amides is 1. The van der Waals surface area contributed by atoms with Crippen molar-refractivity contribution in [1.82, 2.24) is 20.2 Å². The third-order valence-corrected chi connectivity index (χ3v) is 5.17. The number of hydrogen-bond acceptors (Lipinski definition) is 6. The van der Waals surface area contributed by atoms with Crippen LogP contribution in [0.5, 0.6) is 0 Å². The highest BCUT2D eigenvalue weighted by atomic mass is 35.5. The molecule has 33 heavy (non-hydrogen) atoms. The van der Waals surface area contributed by atoms with Crippen molar-refractivity contribution in [3.63, 3.8) is 0 Å². The highest BCUT2D eigenvalue weighted by Gasteiger charge is 2.21. The van der Waals surface area contributed by atoms with E-state index < -0.39 is 0 Å². The summed E-state index contributed by atoms with van der Waals surface area (Å²) in [5.74, 6) is 0.282. The topological polar surface area (TPSA) is 113 Å². The summed E-state index contributed by atoms with van der Waals surface area (Å²) < 4.78 is 1.31. The van der Waals surface area contributed by atoms with Gasteiger partial charge in [-0.05, 0) is 53.1 Å². The molecule has 0 aliphatic rings. The normalized spacial score (nSPS) is 10.3. The van der Waals surface area contributed by atoms with Gasteiger partial charge in [0, 0.05) is 23.0 Å². The second-order valence-electron chi connectivity index (χ2n) is 7.00. The van der Waals surface area contributed by atoms with E-state index in [1.165, 1.54) is 4.68 Å². The molecule has 4 aromatic rings. The lowest BCUT2D eigenvalue weighted by Crippen LogP contribution is -2.30. The molecule has 0 bridgehead atoms. The van der Waals surface area contributed by atoms with E-state index in [1.807, 2.05) is 0 Å². The fourth-order valence-corrected chi connectivity index (χ4v) is 3.53. The first-order valence-corrected chi connectivity index (χ1v) is 10.2. The lowest BCUT2D eigenvalue weighted by Gasteiger charge is -2.18. The Bertz CT molecular complexity index is 1380. The summed E-state index contributed by atoms with van der Waals surface area (Å²) in [7, 11) is 0. The van der Waals surface area contributed by atoms with Crippen molar-refractivity contribution in [3.8, 4) is 28.3 Å². The van der Waals surface area contributed by atoms with Gasteiger partial charge in [-0.25, -0.2) is 4.68 Å². The molecule has 0 atom stereocenters. The standard InChI is InChI=1S/C24H17ClN6O2/c25-20-7-5-18(6-8-20)21-22(19-9-11-27-12-10-19)24(33)31(30-23(21)29-28-15-32)14-17-3-1-16(13-26)2-4-17/h1-12,15H,14H2,(H,28,32)(H,29,30). The molecule has 0 spiro atoms. The molecule has 2 aromatic heterocycles. The van der Waals surface area contributed by atoms with Crippen LogP contribution in [-0.2, 0) is 11.3 Å². The van der Waals surface area contributed by atoms with Gasteiger partial charge in [-0.2, -0.15) is 5.26 Å². The molecule has 0 unspecified atom stereocenters.